The molecule has 134 valence electrons. The Balaban J connectivity index is 1.53. The number of nitrogens with one attached hydrogen (secondary N) is 2. The Morgan fingerprint density at radius 1 is 1.38 bits per heavy atom. The van der Waals surface area contributed by atoms with Crippen molar-refractivity contribution in [3.05, 3.63) is 24.2 Å². The van der Waals surface area contributed by atoms with Crippen LogP contribution in [0.25, 0.3) is 0 Å². The number of nitrogens with zero attached hydrogens (tertiary/aromatic N) is 1. The lowest BCUT2D eigenvalue weighted by molar-refractivity contribution is 0.117. The minimum Gasteiger partial charge on any atom is -0.469 e. The van der Waals surface area contributed by atoms with Crippen molar-refractivity contribution >= 4 is 15.8 Å². The van der Waals surface area contributed by atoms with Crippen LogP contribution in [0.4, 0.5) is 0 Å². The highest BCUT2D eigenvalue weighted by atomic mass is 32.2. The summed E-state index contributed by atoms with van der Waals surface area (Å²) >= 11 is 0. The molecule has 2 aliphatic heterocycles. The van der Waals surface area contributed by atoms with E-state index in [1.165, 1.54) is 0 Å². The van der Waals surface area contributed by atoms with E-state index in [1.807, 2.05) is 12.1 Å². The SMILES string of the molecule is O=S1(=O)CCC(NC(=NCC2CCCO2)NCCc2ccco2)C1. The van der Waals surface area contributed by atoms with Crippen LogP contribution in [0.15, 0.2) is 27.8 Å². The zero-order valence-electron chi connectivity index (χ0n) is 13.7. The first kappa shape index (κ1) is 17.3. The van der Waals surface area contributed by atoms with Gasteiger partial charge in [0.05, 0.1) is 30.4 Å². The number of furan rings is 1. The Labute approximate surface area is 142 Å². The van der Waals surface area contributed by atoms with Crippen molar-refractivity contribution in [3.63, 3.8) is 0 Å². The van der Waals surface area contributed by atoms with E-state index in [0.717, 1.165) is 31.6 Å². The van der Waals surface area contributed by atoms with E-state index in [2.05, 4.69) is 15.6 Å². The molecule has 1 aromatic rings. The van der Waals surface area contributed by atoms with Crippen molar-refractivity contribution in [1.82, 2.24) is 10.6 Å². The number of ether oxygens (including phenoxy) is 1. The molecule has 24 heavy (non-hydrogen) atoms. The standard InChI is InChI=1S/C16H25N3O4S/c20-24(21)10-6-13(12-24)19-16(18-11-15-4-2-9-23-15)17-7-5-14-3-1-8-22-14/h1,3,8,13,15H,2,4-7,9-12H2,(H2,17,18,19). The molecule has 0 amide bonds. The van der Waals surface area contributed by atoms with Gasteiger partial charge in [-0.2, -0.15) is 0 Å². The molecule has 2 fully saturated rings. The average Bonchev–Trinajstić information content (AvgIpc) is 3.27. The van der Waals surface area contributed by atoms with Crippen LogP contribution in [0.1, 0.15) is 25.0 Å². The minimum atomic E-state index is -2.91. The van der Waals surface area contributed by atoms with Crippen LogP contribution in [0, 0.1) is 0 Å². The fraction of sp³-hybridized carbons (Fsp3) is 0.688. The Morgan fingerprint density at radius 2 is 2.29 bits per heavy atom. The number of hydrogen-bond donors (Lipinski definition) is 2. The van der Waals surface area contributed by atoms with E-state index in [1.54, 1.807) is 6.26 Å². The molecule has 0 aliphatic carbocycles. The summed E-state index contributed by atoms with van der Waals surface area (Å²) in [5.74, 6) is 1.98. The maximum absolute atomic E-state index is 11.6. The van der Waals surface area contributed by atoms with Gasteiger partial charge in [-0.1, -0.05) is 0 Å². The smallest absolute Gasteiger partial charge is 0.191 e. The highest BCUT2D eigenvalue weighted by Gasteiger charge is 2.28. The van der Waals surface area contributed by atoms with Gasteiger partial charge in [0, 0.05) is 25.6 Å². The highest BCUT2D eigenvalue weighted by molar-refractivity contribution is 7.91. The Morgan fingerprint density at radius 3 is 2.96 bits per heavy atom. The number of rotatable bonds is 6. The first-order valence-electron chi connectivity index (χ1n) is 8.50. The first-order chi connectivity index (χ1) is 11.6. The van der Waals surface area contributed by atoms with Gasteiger partial charge in [0.2, 0.25) is 0 Å². The lowest BCUT2D eigenvalue weighted by Crippen LogP contribution is -2.45. The van der Waals surface area contributed by atoms with Crippen LogP contribution in [0.3, 0.4) is 0 Å². The van der Waals surface area contributed by atoms with E-state index in [9.17, 15) is 8.42 Å². The molecule has 2 N–H and O–H groups in total. The van der Waals surface area contributed by atoms with Gasteiger partial charge >= 0.3 is 0 Å². The zero-order valence-corrected chi connectivity index (χ0v) is 14.6. The molecular weight excluding hydrogens is 330 g/mol. The van der Waals surface area contributed by atoms with E-state index < -0.39 is 9.84 Å². The lowest BCUT2D eigenvalue weighted by atomic mass is 10.2. The Bertz CT molecular complexity index is 636. The summed E-state index contributed by atoms with van der Waals surface area (Å²) in [4.78, 5) is 4.58. The molecule has 2 saturated heterocycles. The Hall–Kier alpha value is -1.54. The van der Waals surface area contributed by atoms with Crippen LogP contribution in [0.5, 0.6) is 0 Å². The van der Waals surface area contributed by atoms with Crippen LogP contribution >= 0.6 is 0 Å². The summed E-state index contributed by atoms with van der Waals surface area (Å²) in [6.07, 6.45) is 5.30. The molecule has 2 atom stereocenters. The average molecular weight is 355 g/mol. The topological polar surface area (TPSA) is 92.9 Å². The van der Waals surface area contributed by atoms with Crippen LogP contribution in [-0.2, 0) is 21.0 Å². The second kappa shape index (κ2) is 8.02. The molecule has 0 radical (unpaired) electrons. The third kappa shape index (κ3) is 5.24. The third-order valence-electron chi connectivity index (χ3n) is 4.29. The van der Waals surface area contributed by atoms with Gasteiger partial charge in [-0.15, -0.1) is 0 Å². The number of hydrogen-bond acceptors (Lipinski definition) is 5. The van der Waals surface area contributed by atoms with Crippen LogP contribution in [-0.4, -0.2) is 57.7 Å². The van der Waals surface area contributed by atoms with Crippen molar-refractivity contribution < 1.29 is 17.6 Å². The maximum Gasteiger partial charge on any atom is 0.191 e. The van der Waals surface area contributed by atoms with Crippen molar-refractivity contribution in [2.45, 2.75) is 37.8 Å². The molecule has 0 saturated carbocycles. The minimum absolute atomic E-state index is 0.0747. The van der Waals surface area contributed by atoms with Gasteiger partial charge < -0.3 is 19.8 Å². The van der Waals surface area contributed by atoms with Gasteiger partial charge in [0.25, 0.3) is 0 Å². The molecular formula is C16H25N3O4S. The summed E-state index contributed by atoms with van der Waals surface area (Å²) in [6, 6.07) is 3.72. The van der Waals surface area contributed by atoms with Crippen molar-refractivity contribution in [1.29, 1.82) is 0 Å². The summed E-state index contributed by atoms with van der Waals surface area (Å²) < 4.78 is 34.2. The van der Waals surface area contributed by atoms with Crippen molar-refractivity contribution in [3.8, 4) is 0 Å². The number of guanidine groups is 1. The molecule has 0 aromatic carbocycles. The zero-order chi connectivity index (χ0) is 16.8. The molecule has 3 rings (SSSR count). The van der Waals surface area contributed by atoms with E-state index in [4.69, 9.17) is 9.15 Å². The quantitative estimate of drug-likeness (QED) is 0.577. The van der Waals surface area contributed by atoms with Gasteiger partial charge in [-0.25, -0.2) is 8.42 Å². The van der Waals surface area contributed by atoms with E-state index >= 15 is 0 Å². The normalized spacial score (nSPS) is 26.6. The predicted molar refractivity (Wildman–Crippen MR) is 91.9 cm³/mol. The largest absolute Gasteiger partial charge is 0.469 e. The molecule has 3 heterocycles. The van der Waals surface area contributed by atoms with Crippen LogP contribution in [0.2, 0.25) is 0 Å². The second-order valence-electron chi connectivity index (χ2n) is 6.32. The molecule has 8 heteroatoms. The van der Waals surface area contributed by atoms with E-state index in [-0.39, 0.29) is 23.7 Å². The number of sulfone groups is 1. The second-order valence-corrected chi connectivity index (χ2v) is 8.55. The molecule has 0 bridgehead atoms. The molecule has 0 spiro atoms. The fourth-order valence-electron chi connectivity index (χ4n) is 3.00. The van der Waals surface area contributed by atoms with Gasteiger partial charge in [-0.3, -0.25) is 4.99 Å². The highest BCUT2D eigenvalue weighted by Crippen LogP contribution is 2.13. The summed E-state index contributed by atoms with van der Waals surface area (Å²) in [7, 11) is -2.91. The predicted octanol–water partition coefficient (Wildman–Crippen LogP) is 0.723. The molecule has 7 nitrogen and oxygen atoms in total. The molecule has 2 unspecified atom stereocenters. The number of aliphatic imine (C=N–C) groups is 1. The molecule has 2 aliphatic rings. The monoisotopic (exact) mass is 355 g/mol. The van der Waals surface area contributed by atoms with Crippen molar-refractivity contribution in [2.75, 3.05) is 31.2 Å². The summed E-state index contributed by atoms with van der Waals surface area (Å²) in [5.41, 5.74) is 0. The van der Waals surface area contributed by atoms with Gasteiger partial charge in [0.1, 0.15) is 5.76 Å². The maximum atomic E-state index is 11.6. The lowest BCUT2D eigenvalue weighted by Gasteiger charge is -2.17. The summed E-state index contributed by atoms with van der Waals surface area (Å²) in [6.45, 7) is 2.07. The third-order valence-corrected chi connectivity index (χ3v) is 6.06. The van der Waals surface area contributed by atoms with Gasteiger partial charge in [0.15, 0.2) is 15.8 Å². The van der Waals surface area contributed by atoms with Crippen molar-refractivity contribution in [2.24, 2.45) is 4.99 Å². The first-order valence-corrected chi connectivity index (χ1v) is 10.3. The summed E-state index contributed by atoms with van der Waals surface area (Å²) in [5, 5.41) is 6.51. The fourth-order valence-corrected chi connectivity index (χ4v) is 4.67. The van der Waals surface area contributed by atoms with Crippen LogP contribution < -0.4 is 10.6 Å². The molecule has 1 aromatic heterocycles. The van der Waals surface area contributed by atoms with E-state index in [0.29, 0.717) is 25.5 Å². The van der Waals surface area contributed by atoms with Gasteiger partial charge in [-0.05, 0) is 31.4 Å². The Kier molecular flexibility index (Phi) is 5.78.